The van der Waals surface area contributed by atoms with Crippen LogP contribution in [0.4, 0.5) is 0 Å². The standard InChI is InChI=1S/C7H12O7/c1-7(6(12)13)4(10)2(8)3(9)5(11)14-7/h2-5,8-11H,1H3,(H,12,13)/t2-,3+,4-,5+,7-/m0/s1. The van der Waals surface area contributed by atoms with Gasteiger partial charge in [-0.25, -0.2) is 4.79 Å². The molecule has 0 saturated carbocycles. The molecule has 0 spiro atoms. The quantitative estimate of drug-likeness (QED) is 0.316. The van der Waals surface area contributed by atoms with E-state index in [9.17, 15) is 15.0 Å². The average molecular weight is 208 g/mol. The monoisotopic (exact) mass is 208 g/mol. The Balaban J connectivity index is 2.96. The van der Waals surface area contributed by atoms with Crippen molar-refractivity contribution in [1.82, 2.24) is 0 Å². The highest BCUT2D eigenvalue weighted by atomic mass is 16.7. The van der Waals surface area contributed by atoms with Gasteiger partial charge in [-0.1, -0.05) is 0 Å². The first-order chi connectivity index (χ1) is 6.30. The van der Waals surface area contributed by atoms with E-state index in [0.29, 0.717) is 0 Å². The summed E-state index contributed by atoms with van der Waals surface area (Å²) in [6.45, 7) is 0.998. The summed E-state index contributed by atoms with van der Waals surface area (Å²) >= 11 is 0. The second-order valence-electron chi connectivity index (χ2n) is 3.35. The van der Waals surface area contributed by atoms with Crippen LogP contribution in [0.2, 0.25) is 0 Å². The zero-order chi connectivity index (χ0) is 11.1. The number of hydrogen-bond acceptors (Lipinski definition) is 6. The van der Waals surface area contributed by atoms with E-state index in [1.807, 2.05) is 0 Å². The first kappa shape index (κ1) is 11.3. The normalized spacial score (nSPS) is 48.9. The van der Waals surface area contributed by atoms with Crippen molar-refractivity contribution in [3.05, 3.63) is 0 Å². The molecule has 82 valence electrons. The number of aliphatic hydroxyl groups is 4. The summed E-state index contributed by atoms with van der Waals surface area (Å²) in [6.07, 6.45) is -7.13. The number of carbonyl (C=O) groups is 1. The third kappa shape index (κ3) is 1.49. The van der Waals surface area contributed by atoms with Crippen LogP contribution in [0.1, 0.15) is 6.92 Å². The molecule has 7 nitrogen and oxygen atoms in total. The summed E-state index contributed by atoms with van der Waals surface area (Å²) < 4.78 is 4.53. The average Bonchev–Trinajstić information content (AvgIpc) is 2.11. The molecule has 0 unspecified atom stereocenters. The van der Waals surface area contributed by atoms with Gasteiger partial charge in [0.05, 0.1) is 0 Å². The molecule has 0 aromatic carbocycles. The maximum Gasteiger partial charge on any atom is 0.338 e. The largest absolute Gasteiger partial charge is 0.479 e. The maximum atomic E-state index is 10.7. The Hall–Kier alpha value is -0.730. The van der Waals surface area contributed by atoms with Crippen molar-refractivity contribution in [2.24, 2.45) is 0 Å². The SMILES string of the molecule is C[C@]1(C(=O)O)O[C@@H](O)[C@H](O)[C@H](O)[C@@H]1O. The summed E-state index contributed by atoms with van der Waals surface area (Å²) in [5.41, 5.74) is -2.13. The molecule has 0 bridgehead atoms. The molecule has 0 radical (unpaired) electrons. The van der Waals surface area contributed by atoms with E-state index < -0.39 is 36.2 Å². The van der Waals surface area contributed by atoms with Crippen molar-refractivity contribution < 1.29 is 35.1 Å². The van der Waals surface area contributed by atoms with Crippen LogP contribution in [0.25, 0.3) is 0 Å². The Labute approximate surface area is 79.2 Å². The third-order valence-corrected chi connectivity index (χ3v) is 2.32. The number of aliphatic carboxylic acids is 1. The molecular weight excluding hydrogens is 196 g/mol. The predicted octanol–water partition coefficient (Wildman–Crippen LogP) is -2.74. The van der Waals surface area contributed by atoms with Gasteiger partial charge in [-0.05, 0) is 6.92 Å². The number of aliphatic hydroxyl groups excluding tert-OH is 4. The third-order valence-electron chi connectivity index (χ3n) is 2.32. The second-order valence-corrected chi connectivity index (χ2v) is 3.35. The first-order valence-electron chi connectivity index (χ1n) is 3.94. The first-order valence-corrected chi connectivity index (χ1v) is 3.94. The number of carboxylic acids is 1. The molecule has 0 amide bonds. The van der Waals surface area contributed by atoms with Gasteiger partial charge in [-0.2, -0.15) is 0 Å². The minimum atomic E-state index is -2.13. The van der Waals surface area contributed by atoms with E-state index in [1.54, 1.807) is 0 Å². The molecule has 1 heterocycles. The summed E-state index contributed by atoms with van der Waals surface area (Å²) in [7, 11) is 0. The summed E-state index contributed by atoms with van der Waals surface area (Å²) in [5.74, 6) is -1.53. The number of carboxylic acid groups (broad SMARTS) is 1. The molecule has 1 aliphatic rings. The smallest absolute Gasteiger partial charge is 0.338 e. The lowest BCUT2D eigenvalue weighted by Crippen LogP contribution is -2.66. The Morgan fingerprint density at radius 3 is 2.14 bits per heavy atom. The molecule has 0 aromatic rings. The lowest BCUT2D eigenvalue weighted by Gasteiger charge is -2.42. The van der Waals surface area contributed by atoms with Crippen LogP contribution in [0.5, 0.6) is 0 Å². The number of ether oxygens (including phenoxy) is 1. The van der Waals surface area contributed by atoms with Gasteiger partial charge in [-0.3, -0.25) is 0 Å². The highest BCUT2D eigenvalue weighted by molar-refractivity contribution is 5.78. The van der Waals surface area contributed by atoms with Gasteiger partial charge >= 0.3 is 5.97 Å². The highest BCUT2D eigenvalue weighted by Gasteiger charge is 2.55. The van der Waals surface area contributed by atoms with Gasteiger partial charge < -0.3 is 30.3 Å². The molecule has 7 heteroatoms. The molecule has 5 N–H and O–H groups in total. The summed E-state index contributed by atoms with van der Waals surface area (Å²) in [6, 6.07) is 0. The molecule has 0 aliphatic carbocycles. The van der Waals surface area contributed by atoms with Crippen molar-refractivity contribution >= 4 is 5.97 Å². The minimum absolute atomic E-state index is 0.998. The predicted molar refractivity (Wildman–Crippen MR) is 41.2 cm³/mol. The molecular formula is C7H12O7. The second kappa shape index (κ2) is 3.44. The number of hydrogen-bond donors (Lipinski definition) is 5. The van der Waals surface area contributed by atoms with Crippen LogP contribution in [0.3, 0.4) is 0 Å². The van der Waals surface area contributed by atoms with Crippen LogP contribution in [0, 0.1) is 0 Å². The van der Waals surface area contributed by atoms with Crippen LogP contribution in [-0.4, -0.2) is 61.7 Å². The zero-order valence-corrected chi connectivity index (χ0v) is 7.36. The molecule has 14 heavy (non-hydrogen) atoms. The van der Waals surface area contributed by atoms with Gasteiger partial charge in [0.15, 0.2) is 11.9 Å². The molecule has 1 saturated heterocycles. The van der Waals surface area contributed by atoms with E-state index in [1.165, 1.54) is 0 Å². The van der Waals surface area contributed by atoms with Gasteiger partial charge in [0.25, 0.3) is 0 Å². The van der Waals surface area contributed by atoms with Crippen LogP contribution < -0.4 is 0 Å². The van der Waals surface area contributed by atoms with Crippen LogP contribution >= 0.6 is 0 Å². The summed E-state index contributed by atoms with van der Waals surface area (Å²) in [4.78, 5) is 10.7. The molecule has 5 atom stereocenters. The van der Waals surface area contributed by atoms with Crippen molar-refractivity contribution in [2.75, 3.05) is 0 Å². The molecule has 0 aromatic heterocycles. The van der Waals surface area contributed by atoms with Crippen molar-refractivity contribution in [3.8, 4) is 0 Å². The Bertz CT molecular complexity index is 242. The Kier molecular flexibility index (Phi) is 2.79. The molecule has 1 rings (SSSR count). The lowest BCUT2D eigenvalue weighted by atomic mass is 9.88. The van der Waals surface area contributed by atoms with E-state index in [2.05, 4.69) is 4.74 Å². The lowest BCUT2D eigenvalue weighted by molar-refractivity contribution is -0.310. The maximum absolute atomic E-state index is 10.7. The van der Waals surface area contributed by atoms with Gasteiger partial charge in [0.2, 0.25) is 0 Å². The molecule has 1 fully saturated rings. The van der Waals surface area contributed by atoms with Crippen molar-refractivity contribution in [3.63, 3.8) is 0 Å². The highest BCUT2D eigenvalue weighted by Crippen LogP contribution is 2.28. The summed E-state index contributed by atoms with van der Waals surface area (Å²) in [5, 5.41) is 45.3. The van der Waals surface area contributed by atoms with E-state index in [-0.39, 0.29) is 0 Å². The fraction of sp³-hybridized carbons (Fsp3) is 0.857. The molecule has 1 aliphatic heterocycles. The van der Waals surface area contributed by atoms with Gasteiger partial charge in [0, 0.05) is 0 Å². The Morgan fingerprint density at radius 1 is 1.21 bits per heavy atom. The van der Waals surface area contributed by atoms with Crippen molar-refractivity contribution in [1.29, 1.82) is 0 Å². The van der Waals surface area contributed by atoms with Gasteiger partial charge in [0.1, 0.15) is 18.3 Å². The fourth-order valence-electron chi connectivity index (χ4n) is 1.25. The van der Waals surface area contributed by atoms with Crippen LogP contribution in [-0.2, 0) is 9.53 Å². The van der Waals surface area contributed by atoms with Gasteiger partial charge in [-0.15, -0.1) is 0 Å². The van der Waals surface area contributed by atoms with Crippen LogP contribution in [0.15, 0.2) is 0 Å². The zero-order valence-electron chi connectivity index (χ0n) is 7.36. The van der Waals surface area contributed by atoms with E-state index >= 15 is 0 Å². The van der Waals surface area contributed by atoms with E-state index in [0.717, 1.165) is 6.92 Å². The topological polar surface area (TPSA) is 127 Å². The Morgan fingerprint density at radius 2 is 1.71 bits per heavy atom. The minimum Gasteiger partial charge on any atom is -0.479 e. The number of rotatable bonds is 1. The van der Waals surface area contributed by atoms with E-state index in [4.69, 9.17) is 15.3 Å². The fourth-order valence-corrected chi connectivity index (χ4v) is 1.25. The van der Waals surface area contributed by atoms with Crippen molar-refractivity contribution in [2.45, 2.75) is 37.1 Å².